The number of benzene rings is 1. The minimum atomic E-state index is -0.126. The summed E-state index contributed by atoms with van der Waals surface area (Å²) in [5.41, 5.74) is 2.63. The van der Waals surface area contributed by atoms with Crippen molar-refractivity contribution < 1.29 is 0 Å². The van der Waals surface area contributed by atoms with E-state index in [-0.39, 0.29) is 11.1 Å². The lowest BCUT2D eigenvalue weighted by molar-refractivity contribution is 0.590. The summed E-state index contributed by atoms with van der Waals surface area (Å²) in [4.78, 5) is 31.4. The van der Waals surface area contributed by atoms with Crippen molar-refractivity contribution in [3.8, 4) is 0 Å². The van der Waals surface area contributed by atoms with Crippen molar-refractivity contribution in [1.82, 2.24) is 14.5 Å². The average Bonchev–Trinajstić information content (AvgIpc) is 2.80. The van der Waals surface area contributed by atoms with Crippen LogP contribution >= 0.6 is 11.8 Å². The van der Waals surface area contributed by atoms with Crippen LogP contribution in [0.3, 0.4) is 0 Å². The fraction of sp³-hybridized carbons (Fsp3) is 0.423. The summed E-state index contributed by atoms with van der Waals surface area (Å²) in [5.74, 6) is 0.963. The summed E-state index contributed by atoms with van der Waals surface area (Å²) < 4.78 is 1.51. The van der Waals surface area contributed by atoms with Gasteiger partial charge in [0.25, 0.3) is 11.1 Å². The average molecular weight is 452 g/mol. The van der Waals surface area contributed by atoms with Crippen molar-refractivity contribution in [2.45, 2.75) is 62.9 Å². The monoisotopic (exact) mass is 451 g/mol. The number of rotatable bonds is 13. The molecule has 2 heterocycles. The standard InChI is InChI=1S/C26H33N3O2S/c1-29-16-15-22(19-24(29)30)18-23-20-27-26(28-25(23)31)32-17-11-6-4-2-3-5-8-12-21-13-9-7-10-14-21/h7,9-10,13-16,19-20H,2-6,8,11-12,17-18H2,1H3,(H,27,28,31). The molecule has 0 spiro atoms. The predicted octanol–water partition coefficient (Wildman–Crippen LogP) is 5.12. The van der Waals surface area contributed by atoms with E-state index in [4.69, 9.17) is 0 Å². The van der Waals surface area contributed by atoms with Crippen LogP contribution in [0.2, 0.25) is 0 Å². The van der Waals surface area contributed by atoms with Crippen molar-refractivity contribution in [2.24, 2.45) is 7.05 Å². The van der Waals surface area contributed by atoms with E-state index in [0.717, 1.165) is 17.7 Å². The molecular formula is C26H33N3O2S. The Kier molecular flexibility index (Phi) is 9.82. The maximum absolute atomic E-state index is 12.4. The SMILES string of the molecule is Cn1ccc(Cc2cnc(SCCCCCCCCCc3ccccc3)[nH]c2=O)cc1=O. The first kappa shape index (κ1) is 24.1. The lowest BCUT2D eigenvalue weighted by Gasteiger charge is -2.05. The second-order valence-corrected chi connectivity index (χ2v) is 9.35. The highest BCUT2D eigenvalue weighted by molar-refractivity contribution is 7.99. The summed E-state index contributed by atoms with van der Waals surface area (Å²) >= 11 is 1.60. The van der Waals surface area contributed by atoms with Gasteiger partial charge in [0.15, 0.2) is 5.16 Å². The number of pyridine rings is 1. The molecule has 0 unspecified atom stereocenters. The number of nitrogens with one attached hydrogen (secondary N) is 1. The molecule has 1 aromatic carbocycles. The number of unbranched alkanes of at least 4 members (excludes halogenated alkanes) is 6. The molecule has 0 aliphatic rings. The van der Waals surface area contributed by atoms with Crippen molar-refractivity contribution >= 4 is 11.8 Å². The molecule has 3 aromatic rings. The maximum atomic E-state index is 12.4. The number of nitrogens with zero attached hydrogens (tertiary/aromatic N) is 2. The first-order valence-electron chi connectivity index (χ1n) is 11.5. The van der Waals surface area contributed by atoms with Gasteiger partial charge in [0, 0.05) is 43.2 Å². The number of hydrogen-bond acceptors (Lipinski definition) is 4. The highest BCUT2D eigenvalue weighted by Crippen LogP contribution is 2.16. The molecule has 170 valence electrons. The van der Waals surface area contributed by atoms with Crippen LogP contribution in [-0.2, 0) is 19.9 Å². The minimum absolute atomic E-state index is 0.0775. The van der Waals surface area contributed by atoms with E-state index < -0.39 is 0 Å². The van der Waals surface area contributed by atoms with Crippen LogP contribution in [0, 0.1) is 0 Å². The van der Waals surface area contributed by atoms with Gasteiger partial charge in [-0.05, 0) is 36.5 Å². The number of thioether (sulfide) groups is 1. The molecule has 3 rings (SSSR count). The topological polar surface area (TPSA) is 67.8 Å². The van der Waals surface area contributed by atoms with Crippen LogP contribution in [0.1, 0.15) is 61.6 Å². The van der Waals surface area contributed by atoms with Gasteiger partial charge >= 0.3 is 0 Å². The van der Waals surface area contributed by atoms with Gasteiger partial charge in [0.2, 0.25) is 0 Å². The van der Waals surface area contributed by atoms with Crippen molar-refractivity contribution in [2.75, 3.05) is 5.75 Å². The van der Waals surface area contributed by atoms with E-state index in [2.05, 4.69) is 40.3 Å². The Balaban J connectivity index is 1.27. The number of H-pyrrole nitrogens is 1. The molecule has 0 amide bonds. The number of hydrogen-bond donors (Lipinski definition) is 1. The largest absolute Gasteiger partial charge is 0.319 e. The third-order valence-electron chi connectivity index (χ3n) is 5.60. The summed E-state index contributed by atoms with van der Waals surface area (Å²) in [6.07, 6.45) is 13.8. The van der Waals surface area contributed by atoms with Crippen molar-refractivity contribution in [3.05, 3.63) is 92.3 Å². The van der Waals surface area contributed by atoms with Gasteiger partial charge in [-0.3, -0.25) is 9.59 Å². The molecule has 0 atom stereocenters. The number of aromatic nitrogens is 3. The highest BCUT2D eigenvalue weighted by Gasteiger charge is 2.06. The second-order valence-electron chi connectivity index (χ2n) is 8.26. The Morgan fingerprint density at radius 3 is 2.34 bits per heavy atom. The maximum Gasteiger partial charge on any atom is 0.255 e. The first-order chi connectivity index (χ1) is 15.6. The molecular weight excluding hydrogens is 418 g/mol. The van der Waals surface area contributed by atoms with Gasteiger partial charge in [-0.1, -0.05) is 74.2 Å². The minimum Gasteiger partial charge on any atom is -0.319 e. The fourth-order valence-corrected chi connectivity index (χ4v) is 4.49. The Morgan fingerprint density at radius 1 is 0.906 bits per heavy atom. The van der Waals surface area contributed by atoms with Crippen LogP contribution < -0.4 is 11.1 Å². The molecule has 0 saturated carbocycles. The summed E-state index contributed by atoms with van der Waals surface area (Å²) in [5, 5.41) is 0.670. The third-order valence-corrected chi connectivity index (χ3v) is 6.58. The smallest absolute Gasteiger partial charge is 0.255 e. The lowest BCUT2D eigenvalue weighted by atomic mass is 10.0. The Labute approximate surface area is 194 Å². The second kappa shape index (κ2) is 13.1. The zero-order valence-corrected chi connectivity index (χ0v) is 19.7. The molecule has 5 nitrogen and oxygen atoms in total. The van der Waals surface area contributed by atoms with Crippen LogP contribution in [0.5, 0.6) is 0 Å². The number of aromatic amines is 1. The van der Waals surface area contributed by atoms with E-state index >= 15 is 0 Å². The zero-order chi connectivity index (χ0) is 22.6. The molecule has 1 N–H and O–H groups in total. The summed E-state index contributed by atoms with van der Waals surface area (Å²) in [7, 11) is 1.71. The zero-order valence-electron chi connectivity index (χ0n) is 18.9. The van der Waals surface area contributed by atoms with Crippen molar-refractivity contribution in [1.29, 1.82) is 0 Å². The van der Waals surface area contributed by atoms with E-state index in [0.29, 0.717) is 17.1 Å². The van der Waals surface area contributed by atoms with Crippen molar-refractivity contribution in [3.63, 3.8) is 0 Å². The molecule has 0 bridgehead atoms. The van der Waals surface area contributed by atoms with Gasteiger partial charge in [0.1, 0.15) is 0 Å². The van der Waals surface area contributed by atoms with Gasteiger partial charge in [-0.25, -0.2) is 4.98 Å². The van der Waals surface area contributed by atoms with E-state index in [1.54, 1.807) is 37.3 Å². The lowest BCUT2D eigenvalue weighted by Crippen LogP contribution is -2.18. The van der Waals surface area contributed by atoms with Crippen LogP contribution in [0.15, 0.2) is 69.6 Å². The van der Waals surface area contributed by atoms with Gasteiger partial charge in [-0.2, -0.15) is 0 Å². The van der Waals surface area contributed by atoms with Gasteiger partial charge in [-0.15, -0.1) is 0 Å². The molecule has 0 radical (unpaired) electrons. The Bertz CT molecular complexity index is 1080. The molecule has 0 aliphatic heterocycles. The third kappa shape index (κ3) is 8.15. The van der Waals surface area contributed by atoms with E-state index in [1.165, 1.54) is 55.1 Å². The first-order valence-corrected chi connectivity index (χ1v) is 12.5. The fourth-order valence-electron chi connectivity index (χ4n) is 3.65. The van der Waals surface area contributed by atoms with Crippen LogP contribution in [0.25, 0.3) is 0 Å². The summed E-state index contributed by atoms with van der Waals surface area (Å²) in [6.45, 7) is 0. The Hall–Kier alpha value is -2.60. The van der Waals surface area contributed by atoms with Gasteiger partial charge < -0.3 is 9.55 Å². The highest BCUT2D eigenvalue weighted by atomic mass is 32.2. The molecule has 2 aromatic heterocycles. The molecule has 32 heavy (non-hydrogen) atoms. The van der Waals surface area contributed by atoms with E-state index in [1.807, 2.05) is 6.07 Å². The molecule has 0 saturated heterocycles. The van der Waals surface area contributed by atoms with Crippen LogP contribution in [0.4, 0.5) is 0 Å². The Morgan fingerprint density at radius 2 is 1.62 bits per heavy atom. The molecule has 0 fully saturated rings. The molecule has 0 aliphatic carbocycles. The normalized spacial score (nSPS) is 11.0. The summed E-state index contributed by atoms with van der Waals surface area (Å²) in [6, 6.07) is 14.1. The quantitative estimate of drug-likeness (QED) is 0.222. The van der Waals surface area contributed by atoms with E-state index in [9.17, 15) is 9.59 Å². The van der Waals surface area contributed by atoms with Gasteiger partial charge in [0.05, 0.1) is 0 Å². The number of aryl methyl sites for hydroxylation is 2. The van der Waals surface area contributed by atoms with Crippen LogP contribution in [-0.4, -0.2) is 20.3 Å². The predicted molar refractivity (Wildman–Crippen MR) is 133 cm³/mol. The molecule has 6 heteroatoms.